The van der Waals surface area contributed by atoms with Gasteiger partial charge in [0.15, 0.2) is 11.5 Å². The Morgan fingerprint density at radius 2 is 1.84 bits per heavy atom. The molecule has 3 amide bonds. The summed E-state index contributed by atoms with van der Waals surface area (Å²) in [6.45, 7) is 7.37. The molecule has 2 aliphatic heterocycles. The van der Waals surface area contributed by atoms with Crippen LogP contribution in [0.3, 0.4) is 0 Å². The van der Waals surface area contributed by atoms with Crippen molar-refractivity contribution < 1.29 is 28.2 Å². The van der Waals surface area contributed by atoms with Crippen molar-refractivity contribution in [2.45, 2.75) is 39.2 Å². The fraction of sp³-hybridized carbons (Fsp3) is 0.345. The van der Waals surface area contributed by atoms with Crippen LogP contribution in [0.25, 0.3) is 6.08 Å². The number of halogens is 1. The second-order valence-electron chi connectivity index (χ2n) is 9.06. The number of carbonyl (C=O) groups is 3. The number of nitrogens with zero attached hydrogens (tertiary/aromatic N) is 2. The molecular formula is C29H31FN2O5S. The number of carbonyl (C=O) groups excluding carboxylic acids is 3. The lowest BCUT2D eigenvalue weighted by Crippen LogP contribution is -2.44. The summed E-state index contributed by atoms with van der Waals surface area (Å²) in [5.74, 6) is 0.0157. The van der Waals surface area contributed by atoms with E-state index in [2.05, 4.69) is 6.58 Å². The van der Waals surface area contributed by atoms with Gasteiger partial charge in [0.2, 0.25) is 5.91 Å². The summed E-state index contributed by atoms with van der Waals surface area (Å²) in [6.07, 6.45) is 6.81. The Morgan fingerprint density at radius 1 is 1.11 bits per heavy atom. The number of likely N-dealkylation sites (tertiary alicyclic amines) is 1. The highest BCUT2D eigenvalue weighted by Crippen LogP contribution is 2.38. The number of imide groups is 1. The summed E-state index contributed by atoms with van der Waals surface area (Å²) in [6, 6.07) is 9.68. The van der Waals surface area contributed by atoms with Crippen molar-refractivity contribution in [1.82, 2.24) is 9.80 Å². The molecule has 200 valence electrons. The fourth-order valence-electron chi connectivity index (χ4n) is 4.40. The maximum absolute atomic E-state index is 13.3. The van der Waals surface area contributed by atoms with Gasteiger partial charge in [-0.15, -0.1) is 6.58 Å². The van der Waals surface area contributed by atoms with Gasteiger partial charge in [0.25, 0.3) is 11.1 Å². The first-order valence-electron chi connectivity index (χ1n) is 12.7. The molecule has 0 saturated carbocycles. The summed E-state index contributed by atoms with van der Waals surface area (Å²) in [7, 11) is 0. The van der Waals surface area contributed by atoms with Crippen molar-refractivity contribution >= 4 is 34.9 Å². The van der Waals surface area contributed by atoms with E-state index in [9.17, 15) is 18.8 Å². The van der Waals surface area contributed by atoms with Gasteiger partial charge in [-0.2, -0.15) is 0 Å². The van der Waals surface area contributed by atoms with Crippen LogP contribution in [0.2, 0.25) is 0 Å². The number of thioether (sulfide) groups is 1. The average molecular weight is 539 g/mol. The molecule has 2 heterocycles. The van der Waals surface area contributed by atoms with Crippen LogP contribution >= 0.6 is 11.8 Å². The largest absolute Gasteiger partial charge is 0.490 e. The molecule has 2 fully saturated rings. The van der Waals surface area contributed by atoms with Gasteiger partial charge >= 0.3 is 0 Å². The normalized spacial score (nSPS) is 16.7. The van der Waals surface area contributed by atoms with E-state index in [1.807, 2.05) is 13.0 Å². The predicted molar refractivity (Wildman–Crippen MR) is 145 cm³/mol. The van der Waals surface area contributed by atoms with E-state index >= 15 is 0 Å². The number of ether oxygens (including phenoxy) is 2. The molecule has 9 heteroatoms. The van der Waals surface area contributed by atoms with Gasteiger partial charge in [0, 0.05) is 18.7 Å². The van der Waals surface area contributed by atoms with Crippen molar-refractivity contribution in [1.29, 1.82) is 0 Å². The Kier molecular flexibility index (Phi) is 9.23. The van der Waals surface area contributed by atoms with E-state index in [0.29, 0.717) is 43.2 Å². The molecule has 4 rings (SSSR count). The van der Waals surface area contributed by atoms with Crippen LogP contribution < -0.4 is 9.47 Å². The molecular weight excluding hydrogens is 507 g/mol. The fourth-order valence-corrected chi connectivity index (χ4v) is 5.24. The number of hydrogen-bond donors (Lipinski definition) is 0. The predicted octanol–water partition coefficient (Wildman–Crippen LogP) is 5.58. The molecule has 0 radical (unpaired) electrons. The van der Waals surface area contributed by atoms with Gasteiger partial charge < -0.3 is 14.4 Å². The summed E-state index contributed by atoms with van der Waals surface area (Å²) in [5.41, 5.74) is 2.25. The number of rotatable bonds is 10. The van der Waals surface area contributed by atoms with Crippen molar-refractivity contribution in [2.24, 2.45) is 0 Å². The Morgan fingerprint density at radius 3 is 2.53 bits per heavy atom. The molecule has 2 aromatic carbocycles. The molecule has 0 unspecified atom stereocenters. The van der Waals surface area contributed by atoms with Crippen molar-refractivity contribution in [3.05, 3.63) is 76.5 Å². The van der Waals surface area contributed by atoms with Gasteiger partial charge in [-0.3, -0.25) is 19.3 Å². The minimum absolute atomic E-state index is 0.206. The standard InChI is InChI=1S/C29H31FN2O5S/c1-3-8-22-15-21(16-24(36-4-2)27(22)37-19-20-9-11-23(30)12-10-20)17-25-28(34)32(29(35)38-25)18-26(33)31-13-6-5-7-14-31/h3,9-12,15-17H,1,4-8,13-14,18-19H2,2H3/b25-17-. The van der Waals surface area contributed by atoms with Crippen molar-refractivity contribution in [2.75, 3.05) is 26.2 Å². The molecule has 0 aliphatic carbocycles. The smallest absolute Gasteiger partial charge is 0.294 e. The van der Waals surface area contributed by atoms with E-state index in [-0.39, 0.29) is 29.8 Å². The Bertz CT molecular complexity index is 1240. The number of hydrogen-bond acceptors (Lipinski definition) is 6. The number of allylic oxidation sites excluding steroid dienone is 1. The minimum atomic E-state index is -0.481. The van der Waals surface area contributed by atoms with E-state index < -0.39 is 11.1 Å². The van der Waals surface area contributed by atoms with Crippen LogP contribution in [0.15, 0.2) is 54.0 Å². The van der Waals surface area contributed by atoms with E-state index in [1.165, 1.54) is 12.1 Å². The highest BCUT2D eigenvalue weighted by molar-refractivity contribution is 8.18. The maximum Gasteiger partial charge on any atom is 0.294 e. The van der Waals surface area contributed by atoms with Gasteiger partial charge in [-0.05, 0) is 85.8 Å². The van der Waals surface area contributed by atoms with Crippen LogP contribution in [-0.2, 0) is 22.6 Å². The molecule has 2 aliphatic rings. The first-order chi connectivity index (χ1) is 18.4. The molecule has 38 heavy (non-hydrogen) atoms. The minimum Gasteiger partial charge on any atom is -0.490 e. The highest BCUT2D eigenvalue weighted by Gasteiger charge is 2.37. The first-order valence-corrected chi connectivity index (χ1v) is 13.5. The second-order valence-corrected chi connectivity index (χ2v) is 10.1. The van der Waals surface area contributed by atoms with Crippen LogP contribution in [0.4, 0.5) is 9.18 Å². The SMILES string of the molecule is C=CCc1cc(/C=C2\SC(=O)N(CC(=O)N3CCCCC3)C2=O)cc(OCC)c1OCc1ccc(F)cc1. The summed E-state index contributed by atoms with van der Waals surface area (Å²) in [4.78, 5) is 41.3. The van der Waals surface area contributed by atoms with Crippen LogP contribution in [0.5, 0.6) is 11.5 Å². The van der Waals surface area contributed by atoms with E-state index in [1.54, 1.807) is 35.3 Å². The van der Waals surface area contributed by atoms with Crippen molar-refractivity contribution in [3.63, 3.8) is 0 Å². The van der Waals surface area contributed by atoms with Crippen LogP contribution in [0, 0.1) is 5.82 Å². The Labute approximate surface area is 226 Å². The zero-order valence-corrected chi connectivity index (χ0v) is 22.2. The molecule has 2 saturated heterocycles. The molecule has 0 bridgehead atoms. The van der Waals surface area contributed by atoms with Crippen LogP contribution in [-0.4, -0.2) is 53.1 Å². The number of amides is 3. The summed E-state index contributed by atoms with van der Waals surface area (Å²) in [5, 5.41) is -0.456. The maximum atomic E-state index is 13.3. The molecule has 0 N–H and O–H groups in total. The highest BCUT2D eigenvalue weighted by atomic mass is 32.2. The molecule has 0 aromatic heterocycles. The first kappa shape index (κ1) is 27.4. The average Bonchev–Trinajstić information content (AvgIpc) is 3.17. The third-order valence-corrected chi connectivity index (χ3v) is 7.20. The third kappa shape index (κ3) is 6.64. The van der Waals surface area contributed by atoms with Gasteiger partial charge in [0.1, 0.15) is 19.0 Å². The molecule has 7 nitrogen and oxygen atoms in total. The topological polar surface area (TPSA) is 76.2 Å². The third-order valence-electron chi connectivity index (χ3n) is 6.29. The molecule has 0 spiro atoms. The van der Waals surface area contributed by atoms with Crippen molar-refractivity contribution in [3.8, 4) is 11.5 Å². The Hall–Kier alpha value is -3.59. The van der Waals surface area contributed by atoms with Crippen LogP contribution in [0.1, 0.15) is 42.9 Å². The van der Waals surface area contributed by atoms with Gasteiger partial charge in [-0.25, -0.2) is 4.39 Å². The van der Waals surface area contributed by atoms with Gasteiger partial charge in [0.05, 0.1) is 11.5 Å². The second kappa shape index (κ2) is 12.8. The monoisotopic (exact) mass is 538 g/mol. The number of benzene rings is 2. The lowest BCUT2D eigenvalue weighted by atomic mass is 10.0. The quantitative estimate of drug-likeness (QED) is 0.290. The lowest BCUT2D eigenvalue weighted by Gasteiger charge is -2.27. The summed E-state index contributed by atoms with van der Waals surface area (Å²) < 4.78 is 25.2. The lowest BCUT2D eigenvalue weighted by molar-refractivity contribution is -0.136. The molecule has 0 atom stereocenters. The summed E-state index contributed by atoms with van der Waals surface area (Å²) >= 11 is 0.822. The van der Waals surface area contributed by atoms with Gasteiger partial charge in [-0.1, -0.05) is 18.2 Å². The van der Waals surface area contributed by atoms with E-state index in [4.69, 9.17) is 9.47 Å². The Balaban J connectivity index is 1.56. The zero-order valence-electron chi connectivity index (χ0n) is 21.4. The zero-order chi connectivity index (χ0) is 27.1. The van der Waals surface area contributed by atoms with E-state index in [0.717, 1.165) is 47.1 Å². The molecule has 2 aromatic rings. The number of piperidine rings is 1.